The lowest BCUT2D eigenvalue weighted by Gasteiger charge is -2.07. The van der Waals surface area contributed by atoms with Gasteiger partial charge in [0, 0.05) is 28.3 Å². The van der Waals surface area contributed by atoms with Crippen LogP contribution in [0.4, 0.5) is 0 Å². The zero-order chi connectivity index (χ0) is 10.7. The van der Waals surface area contributed by atoms with Gasteiger partial charge >= 0.3 is 0 Å². The highest BCUT2D eigenvalue weighted by Gasteiger charge is 2.10. The molecule has 1 unspecified atom stereocenters. The van der Waals surface area contributed by atoms with E-state index < -0.39 is 6.10 Å². The molecule has 0 bridgehead atoms. The standard InChI is InChI=1S/C11H10BrNO2/c12-9-1-2-10(13-6-9)5-11(14)8-3-4-15-7-8/h1-4,6-7,11,14H,5H2. The molecule has 1 atom stereocenters. The van der Waals surface area contributed by atoms with Crippen molar-refractivity contribution in [2.45, 2.75) is 12.5 Å². The SMILES string of the molecule is OC(Cc1ccc(Br)cn1)c1ccoc1. The first-order chi connectivity index (χ1) is 7.25. The van der Waals surface area contributed by atoms with E-state index in [1.54, 1.807) is 24.8 Å². The van der Waals surface area contributed by atoms with Crippen LogP contribution in [0.3, 0.4) is 0 Å². The Bertz CT molecular complexity index is 411. The molecule has 1 N–H and O–H groups in total. The van der Waals surface area contributed by atoms with Crippen LogP contribution in [-0.4, -0.2) is 10.1 Å². The fraction of sp³-hybridized carbons (Fsp3) is 0.182. The Balaban J connectivity index is 2.06. The molecule has 0 amide bonds. The second-order valence-corrected chi connectivity index (χ2v) is 4.16. The Hall–Kier alpha value is -1.13. The fourth-order valence-electron chi connectivity index (χ4n) is 1.31. The highest BCUT2D eigenvalue weighted by Crippen LogP contribution is 2.18. The van der Waals surface area contributed by atoms with Crippen LogP contribution in [0, 0.1) is 0 Å². The van der Waals surface area contributed by atoms with Gasteiger partial charge in [-0.25, -0.2) is 0 Å². The average Bonchev–Trinajstić information content (AvgIpc) is 2.74. The van der Waals surface area contributed by atoms with Crippen LogP contribution < -0.4 is 0 Å². The first-order valence-electron chi connectivity index (χ1n) is 4.56. The third-order valence-electron chi connectivity index (χ3n) is 2.12. The van der Waals surface area contributed by atoms with Gasteiger partial charge in [0.15, 0.2) is 0 Å². The van der Waals surface area contributed by atoms with Crippen molar-refractivity contribution in [1.29, 1.82) is 0 Å². The lowest BCUT2D eigenvalue weighted by atomic mass is 10.1. The van der Waals surface area contributed by atoms with Crippen molar-refractivity contribution in [2.75, 3.05) is 0 Å². The Labute approximate surface area is 95.9 Å². The Morgan fingerprint density at radius 1 is 1.40 bits per heavy atom. The molecule has 0 aliphatic heterocycles. The zero-order valence-electron chi connectivity index (χ0n) is 7.93. The predicted octanol–water partition coefficient (Wildman–Crippen LogP) is 2.71. The minimum atomic E-state index is -0.558. The predicted molar refractivity (Wildman–Crippen MR) is 59.3 cm³/mol. The van der Waals surface area contributed by atoms with Crippen molar-refractivity contribution in [3.05, 3.63) is 52.7 Å². The Morgan fingerprint density at radius 2 is 2.27 bits per heavy atom. The number of hydrogen-bond acceptors (Lipinski definition) is 3. The topological polar surface area (TPSA) is 46.3 Å². The quantitative estimate of drug-likeness (QED) is 0.930. The number of nitrogens with zero attached hydrogens (tertiary/aromatic N) is 1. The van der Waals surface area contributed by atoms with Crippen LogP contribution in [0.5, 0.6) is 0 Å². The van der Waals surface area contributed by atoms with E-state index in [2.05, 4.69) is 20.9 Å². The van der Waals surface area contributed by atoms with Gasteiger partial charge in [-0.05, 0) is 34.1 Å². The van der Waals surface area contributed by atoms with Crippen LogP contribution in [-0.2, 0) is 6.42 Å². The second-order valence-electron chi connectivity index (χ2n) is 3.24. The van der Waals surface area contributed by atoms with Gasteiger partial charge in [-0.3, -0.25) is 4.98 Å². The molecule has 4 heteroatoms. The molecule has 2 heterocycles. The molecule has 2 aromatic heterocycles. The van der Waals surface area contributed by atoms with Crippen LogP contribution in [0.25, 0.3) is 0 Å². The maximum Gasteiger partial charge on any atom is 0.0960 e. The number of halogens is 1. The lowest BCUT2D eigenvalue weighted by Crippen LogP contribution is -2.01. The molecular weight excluding hydrogens is 258 g/mol. The molecule has 78 valence electrons. The number of aromatic nitrogens is 1. The normalized spacial score (nSPS) is 12.7. The van der Waals surface area contributed by atoms with Crippen molar-refractivity contribution >= 4 is 15.9 Å². The summed E-state index contributed by atoms with van der Waals surface area (Å²) in [6, 6.07) is 5.54. The van der Waals surface area contributed by atoms with Crippen LogP contribution in [0.15, 0.2) is 45.8 Å². The molecule has 3 nitrogen and oxygen atoms in total. The molecule has 0 radical (unpaired) electrons. The van der Waals surface area contributed by atoms with Gasteiger partial charge in [-0.2, -0.15) is 0 Å². The van der Waals surface area contributed by atoms with Crippen molar-refractivity contribution < 1.29 is 9.52 Å². The number of hydrogen-bond donors (Lipinski definition) is 1. The molecule has 0 fully saturated rings. The van der Waals surface area contributed by atoms with E-state index >= 15 is 0 Å². The summed E-state index contributed by atoms with van der Waals surface area (Å²) in [6.07, 6.45) is 4.75. The number of rotatable bonds is 3. The highest BCUT2D eigenvalue weighted by atomic mass is 79.9. The number of aliphatic hydroxyl groups excluding tert-OH is 1. The Morgan fingerprint density at radius 3 is 2.87 bits per heavy atom. The zero-order valence-corrected chi connectivity index (χ0v) is 9.52. The van der Waals surface area contributed by atoms with E-state index in [4.69, 9.17) is 4.42 Å². The van der Waals surface area contributed by atoms with Crippen LogP contribution >= 0.6 is 15.9 Å². The summed E-state index contributed by atoms with van der Waals surface area (Å²) >= 11 is 3.31. The van der Waals surface area contributed by atoms with E-state index in [1.807, 2.05) is 12.1 Å². The van der Waals surface area contributed by atoms with Gasteiger partial charge < -0.3 is 9.52 Å². The first-order valence-corrected chi connectivity index (χ1v) is 5.35. The van der Waals surface area contributed by atoms with Gasteiger partial charge in [-0.15, -0.1) is 0 Å². The van der Waals surface area contributed by atoms with Crippen molar-refractivity contribution in [2.24, 2.45) is 0 Å². The molecule has 0 aliphatic carbocycles. The summed E-state index contributed by atoms with van der Waals surface area (Å²) in [7, 11) is 0. The maximum atomic E-state index is 9.82. The van der Waals surface area contributed by atoms with Gasteiger partial charge in [0.05, 0.1) is 18.6 Å². The summed E-state index contributed by atoms with van der Waals surface area (Å²) in [5, 5.41) is 9.82. The van der Waals surface area contributed by atoms with E-state index in [-0.39, 0.29) is 0 Å². The van der Waals surface area contributed by atoms with E-state index in [9.17, 15) is 5.11 Å². The largest absolute Gasteiger partial charge is 0.472 e. The Kier molecular flexibility index (Phi) is 3.18. The van der Waals surface area contributed by atoms with Gasteiger partial charge in [-0.1, -0.05) is 0 Å². The van der Waals surface area contributed by atoms with E-state index in [0.29, 0.717) is 6.42 Å². The van der Waals surface area contributed by atoms with Crippen LogP contribution in [0.2, 0.25) is 0 Å². The lowest BCUT2D eigenvalue weighted by molar-refractivity contribution is 0.176. The fourth-order valence-corrected chi connectivity index (χ4v) is 1.54. The van der Waals surface area contributed by atoms with Crippen molar-refractivity contribution in [1.82, 2.24) is 4.98 Å². The highest BCUT2D eigenvalue weighted by molar-refractivity contribution is 9.10. The van der Waals surface area contributed by atoms with Crippen molar-refractivity contribution in [3.63, 3.8) is 0 Å². The third-order valence-corrected chi connectivity index (χ3v) is 2.59. The molecule has 0 saturated heterocycles. The number of aliphatic hydroxyl groups is 1. The maximum absolute atomic E-state index is 9.82. The molecular formula is C11H10BrNO2. The van der Waals surface area contributed by atoms with Gasteiger partial charge in [0.2, 0.25) is 0 Å². The summed E-state index contributed by atoms with van der Waals surface area (Å²) < 4.78 is 5.84. The molecule has 0 aliphatic rings. The molecule has 0 saturated carbocycles. The van der Waals surface area contributed by atoms with E-state index in [1.165, 1.54) is 0 Å². The molecule has 15 heavy (non-hydrogen) atoms. The van der Waals surface area contributed by atoms with E-state index in [0.717, 1.165) is 15.7 Å². The molecule has 2 aromatic rings. The summed E-state index contributed by atoms with van der Waals surface area (Å²) in [5.41, 5.74) is 1.63. The molecule has 2 rings (SSSR count). The van der Waals surface area contributed by atoms with Crippen molar-refractivity contribution in [3.8, 4) is 0 Å². The smallest absolute Gasteiger partial charge is 0.0960 e. The minimum absolute atomic E-state index is 0.493. The molecule has 0 spiro atoms. The first kappa shape index (κ1) is 10.4. The summed E-state index contributed by atoms with van der Waals surface area (Å²) in [4.78, 5) is 4.19. The second kappa shape index (κ2) is 4.59. The summed E-state index contributed by atoms with van der Waals surface area (Å²) in [5.74, 6) is 0. The van der Waals surface area contributed by atoms with Gasteiger partial charge in [0.25, 0.3) is 0 Å². The van der Waals surface area contributed by atoms with Crippen LogP contribution in [0.1, 0.15) is 17.4 Å². The third kappa shape index (κ3) is 2.67. The monoisotopic (exact) mass is 267 g/mol. The minimum Gasteiger partial charge on any atom is -0.472 e. The molecule has 0 aromatic carbocycles. The van der Waals surface area contributed by atoms with Gasteiger partial charge in [0.1, 0.15) is 0 Å². The summed E-state index contributed by atoms with van der Waals surface area (Å²) in [6.45, 7) is 0. The number of furan rings is 1. The number of pyridine rings is 1. The average molecular weight is 268 g/mol.